The summed E-state index contributed by atoms with van der Waals surface area (Å²) < 4.78 is 15.9. The SMILES string of the molecule is CC1CCc2c(sc3nc(SCC(=O)NCC#N)n(-c4ccccc4F)c(=O)c23)C1. The van der Waals surface area contributed by atoms with Crippen LogP contribution in [-0.4, -0.2) is 27.8 Å². The van der Waals surface area contributed by atoms with Crippen LogP contribution in [0.4, 0.5) is 4.39 Å². The van der Waals surface area contributed by atoms with E-state index in [1.54, 1.807) is 12.1 Å². The number of nitrogens with one attached hydrogen (secondary N) is 1. The zero-order valence-corrected chi connectivity index (χ0v) is 17.9. The van der Waals surface area contributed by atoms with Crippen LogP contribution in [-0.2, 0) is 17.6 Å². The molecule has 1 aliphatic carbocycles. The summed E-state index contributed by atoms with van der Waals surface area (Å²) in [4.78, 5) is 32.0. The van der Waals surface area contributed by atoms with Crippen molar-refractivity contribution in [3.8, 4) is 11.8 Å². The molecule has 1 N–H and O–H groups in total. The Kier molecular flexibility index (Phi) is 5.88. The van der Waals surface area contributed by atoms with Gasteiger partial charge in [-0.15, -0.1) is 11.3 Å². The van der Waals surface area contributed by atoms with E-state index in [1.807, 2.05) is 6.07 Å². The first kappa shape index (κ1) is 20.6. The van der Waals surface area contributed by atoms with Crippen molar-refractivity contribution >= 4 is 39.2 Å². The molecule has 9 heteroatoms. The summed E-state index contributed by atoms with van der Waals surface area (Å²) in [6.07, 6.45) is 2.73. The number of carbonyl (C=O) groups excluding carboxylic acids is 1. The monoisotopic (exact) mass is 442 g/mol. The van der Waals surface area contributed by atoms with E-state index in [0.717, 1.165) is 36.6 Å². The van der Waals surface area contributed by atoms with Crippen molar-refractivity contribution in [2.24, 2.45) is 5.92 Å². The van der Waals surface area contributed by atoms with Gasteiger partial charge in [-0.05, 0) is 42.9 Å². The number of halogens is 1. The first-order chi connectivity index (χ1) is 14.5. The number of rotatable bonds is 5. The van der Waals surface area contributed by atoms with Gasteiger partial charge in [0.1, 0.15) is 17.2 Å². The molecule has 0 spiro atoms. The summed E-state index contributed by atoms with van der Waals surface area (Å²) in [6.45, 7) is 2.10. The van der Waals surface area contributed by atoms with Crippen LogP contribution in [0.2, 0.25) is 0 Å². The maximum Gasteiger partial charge on any atom is 0.267 e. The molecule has 0 bridgehead atoms. The number of para-hydroxylation sites is 1. The summed E-state index contributed by atoms with van der Waals surface area (Å²) >= 11 is 2.57. The van der Waals surface area contributed by atoms with Crippen LogP contribution in [0.25, 0.3) is 15.9 Å². The van der Waals surface area contributed by atoms with Gasteiger partial charge in [-0.25, -0.2) is 9.37 Å². The molecule has 1 unspecified atom stereocenters. The van der Waals surface area contributed by atoms with Gasteiger partial charge >= 0.3 is 0 Å². The number of nitrogens with zero attached hydrogens (tertiary/aromatic N) is 3. The van der Waals surface area contributed by atoms with E-state index in [9.17, 15) is 14.0 Å². The van der Waals surface area contributed by atoms with Gasteiger partial charge < -0.3 is 5.32 Å². The fourth-order valence-corrected chi connectivity index (χ4v) is 5.89. The van der Waals surface area contributed by atoms with Gasteiger partial charge in [-0.1, -0.05) is 30.8 Å². The number of hydrogen-bond donors (Lipinski definition) is 1. The van der Waals surface area contributed by atoms with Crippen molar-refractivity contribution in [3.63, 3.8) is 0 Å². The number of thioether (sulfide) groups is 1. The first-order valence-electron chi connectivity index (χ1n) is 9.58. The third kappa shape index (κ3) is 3.85. The van der Waals surface area contributed by atoms with E-state index >= 15 is 0 Å². The van der Waals surface area contributed by atoms with E-state index in [4.69, 9.17) is 5.26 Å². The number of nitriles is 1. The topological polar surface area (TPSA) is 87.8 Å². The largest absolute Gasteiger partial charge is 0.342 e. The molecule has 0 aliphatic heterocycles. The Morgan fingerprint density at radius 2 is 2.27 bits per heavy atom. The smallest absolute Gasteiger partial charge is 0.267 e. The zero-order valence-electron chi connectivity index (χ0n) is 16.3. The highest BCUT2D eigenvalue weighted by molar-refractivity contribution is 7.99. The van der Waals surface area contributed by atoms with Gasteiger partial charge in [-0.3, -0.25) is 14.2 Å². The molecule has 1 aliphatic rings. The van der Waals surface area contributed by atoms with E-state index in [-0.39, 0.29) is 34.6 Å². The number of thiophene rings is 1. The number of carbonyl (C=O) groups is 1. The molecule has 3 aromatic rings. The van der Waals surface area contributed by atoms with E-state index < -0.39 is 5.82 Å². The molecule has 4 rings (SSSR count). The fraction of sp³-hybridized carbons (Fsp3) is 0.333. The predicted molar refractivity (Wildman–Crippen MR) is 116 cm³/mol. The van der Waals surface area contributed by atoms with Gasteiger partial charge in [0.05, 0.1) is 22.9 Å². The van der Waals surface area contributed by atoms with Crippen LogP contribution in [0.15, 0.2) is 34.2 Å². The van der Waals surface area contributed by atoms with Crippen LogP contribution in [0.3, 0.4) is 0 Å². The number of benzene rings is 1. The second-order valence-electron chi connectivity index (χ2n) is 7.24. The van der Waals surface area contributed by atoms with Crippen molar-refractivity contribution in [1.82, 2.24) is 14.9 Å². The Bertz CT molecular complexity index is 1230. The van der Waals surface area contributed by atoms with Gasteiger partial charge in [0.2, 0.25) is 5.91 Å². The minimum atomic E-state index is -0.533. The molecule has 30 heavy (non-hydrogen) atoms. The summed E-state index contributed by atoms with van der Waals surface area (Å²) in [5, 5.41) is 11.9. The fourth-order valence-electron chi connectivity index (χ4n) is 3.63. The van der Waals surface area contributed by atoms with Crippen LogP contribution in [0.1, 0.15) is 23.8 Å². The third-order valence-corrected chi connectivity index (χ3v) is 7.18. The van der Waals surface area contributed by atoms with Gasteiger partial charge in [0, 0.05) is 4.88 Å². The number of fused-ring (bicyclic) bond motifs is 3. The van der Waals surface area contributed by atoms with E-state index in [0.29, 0.717) is 16.1 Å². The highest BCUT2D eigenvalue weighted by Gasteiger charge is 2.26. The zero-order chi connectivity index (χ0) is 21.3. The molecule has 1 amide bonds. The Balaban J connectivity index is 1.86. The highest BCUT2D eigenvalue weighted by Crippen LogP contribution is 2.37. The quantitative estimate of drug-likeness (QED) is 0.372. The lowest BCUT2D eigenvalue weighted by molar-refractivity contribution is -0.118. The van der Waals surface area contributed by atoms with Gasteiger partial charge in [-0.2, -0.15) is 5.26 Å². The van der Waals surface area contributed by atoms with Crippen molar-refractivity contribution in [3.05, 3.63) is 50.9 Å². The number of aromatic nitrogens is 2. The van der Waals surface area contributed by atoms with Crippen LogP contribution in [0, 0.1) is 23.1 Å². The second kappa shape index (κ2) is 8.58. The first-order valence-corrected chi connectivity index (χ1v) is 11.4. The minimum Gasteiger partial charge on any atom is -0.342 e. The Morgan fingerprint density at radius 3 is 3.03 bits per heavy atom. The molecule has 0 radical (unpaired) electrons. The predicted octanol–water partition coefficient (Wildman–Crippen LogP) is 3.44. The molecule has 1 atom stereocenters. The lowest BCUT2D eigenvalue weighted by atomic mass is 9.89. The third-order valence-electron chi connectivity index (χ3n) is 5.09. The summed E-state index contributed by atoms with van der Waals surface area (Å²) in [7, 11) is 0. The molecule has 0 fully saturated rings. The van der Waals surface area contributed by atoms with Crippen LogP contribution >= 0.6 is 23.1 Å². The lowest BCUT2D eigenvalue weighted by Gasteiger charge is -2.18. The maximum absolute atomic E-state index is 14.6. The van der Waals surface area contributed by atoms with Gasteiger partial charge in [0.25, 0.3) is 5.56 Å². The van der Waals surface area contributed by atoms with E-state index in [1.165, 1.54) is 32.9 Å². The summed E-state index contributed by atoms with van der Waals surface area (Å²) in [5.74, 6) is -0.363. The number of aryl methyl sites for hydroxylation is 1. The lowest BCUT2D eigenvalue weighted by Crippen LogP contribution is -2.27. The Labute approximate surface area is 180 Å². The molecular formula is C21H19FN4O2S2. The van der Waals surface area contributed by atoms with Crippen LogP contribution < -0.4 is 10.9 Å². The van der Waals surface area contributed by atoms with Gasteiger partial charge in [0.15, 0.2) is 5.16 Å². The molecular weight excluding hydrogens is 423 g/mol. The number of hydrogen-bond acceptors (Lipinski definition) is 6. The maximum atomic E-state index is 14.6. The molecule has 0 saturated carbocycles. The average Bonchev–Trinajstić information content (AvgIpc) is 3.09. The van der Waals surface area contributed by atoms with Crippen molar-refractivity contribution < 1.29 is 9.18 Å². The van der Waals surface area contributed by atoms with Crippen molar-refractivity contribution in [1.29, 1.82) is 5.26 Å². The Morgan fingerprint density at radius 1 is 1.47 bits per heavy atom. The summed E-state index contributed by atoms with van der Waals surface area (Å²) in [6, 6.07) is 7.90. The van der Waals surface area contributed by atoms with Crippen molar-refractivity contribution in [2.45, 2.75) is 31.3 Å². The van der Waals surface area contributed by atoms with Crippen LogP contribution in [0.5, 0.6) is 0 Å². The normalized spacial score (nSPS) is 15.6. The molecule has 2 heterocycles. The average molecular weight is 443 g/mol. The second-order valence-corrected chi connectivity index (χ2v) is 9.27. The molecule has 1 aromatic carbocycles. The van der Waals surface area contributed by atoms with E-state index in [2.05, 4.69) is 17.2 Å². The number of amides is 1. The highest BCUT2D eigenvalue weighted by atomic mass is 32.2. The standard InChI is InChI=1S/C21H19FN4O2S2/c1-12-6-7-13-16(10-12)30-19-18(13)20(28)26(15-5-3-2-4-14(15)22)21(25-19)29-11-17(27)24-9-8-23/h2-5,12H,6-7,9-11H2,1H3,(H,24,27). The molecule has 6 nitrogen and oxygen atoms in total. The molecule has 2 aromatic heterocycles. The minimum absolute atomic E-state index is 0.0315. The summed E-state index contributed by atoms with van der Waals surface area (Å²) in [5.41, 5.74) is 0.831. The van der Waals surface area contributed by atoms with Crippen molar-refractivity contribution in [2.75, 3.05) is 12.3 Å². The Hall–Kier alpha value is -2.70. The molecule has 154 valence electrons. The molecule has 0 saturated heterocycles.